The number of anilines is 1. The highest BCUT2D eigenvalue weighted by molar-refractivity contribution is 7.89. The standard InChI is InChI=1S/C19H18F2N4O5S/c1-10-3-4-12(5-11(10)7-22)23-19(27)17-18-15(8-25(17)2)31(28,29)24-13(9-30-18)14(26)6-16(20)21/h3-6,8,13-14,24,26H,9H2,1-2H3,(H,23,27)/t13-,14+/m1/s1. The van der Waals surface area contributed by atoms with Crippen LogP contribution < -0.4 is 14.8 Å². The van der Waals surface area contributed by atoms with E-state index in [9.17, 15) is 27.1 Å². The van der Waals surface area contributed by atoms with E-state index in [4.69, 9.17) is 10.00 Å². The molecule has 2 atom stereocenters. The van der Waals surface area contributed by atoms with Gasteiger partial charge in [-0.2, -0.15) is 14.0 Å². The number of hydrogen-bond donors (Lipinski definition) is 3. The molecule has 3 rings (SSSR count). The fourth-order valence-electron chi connectivity index (χ4n) is 3.06. The number of aliphatic hydroxyl groups excluding tert-OH is 1. The van der Waals surface area contributed by atoms with E-state index in [1.165, 1.54) is 17.7 Å². The molecule has 1 aromatic carbocycles. The van der Waals surface area contributed by atoms with E-state index >= 15 is 0 Å². The molecular formula is C19H18F2N4O5S. The highest BCUT2D eigenvalue weighted by Gasteiger charge is 2.36. The molecule has 0 saturated carbocycles. The van der Waals surface area contributed by atoms with E-state index < -0.39 is 40.8 Å². The van der Waals surface area contributed by atoms with E-state index in [0.717, 1.165) is 11.8 Å². The van der Waals surface area contributed by atoms with Crippen LogP contribution in [0.5, 0.6) is 5.75 Å². The Morgan fingerprint density at radius 2 is 2.19 bits per heavy atom. The van der Waals surface area contributed by atoms with Crippen molar-refractivity contribution in [2.45, 2.75) is 24.0 Å². The number of aromatic nitrogens is 1. The highest BCUT2D eigenvalue weighted by atomic mass is 32.2. The van der Waals surface area contributed by atoms with E-state index in [0.29, 0.717) is 11.3 Å². The zero-order chi connectivity index (χ0) is 22.9. The molecule has 0 unspecified atom stereocenters. The molecule has 164 valence electrons. The Bertz CT molecular complexity index is 1210. The van der Waals surface area contributed by atoms with E-state index in [1.807, 2.05) is 6.07 Å². The number of nitriles is 1. The van der Waals surface area contributed by atoms with Gasteiger partial charge in [0.15, 0.2) is 11.4 Å². The van der Waals surface area contributed by atoms with Crippen LogP contribution in [0.25, 0.3) is 0 Å². The van der Waals surface area contributed by atoms with Crippen molar-refractivity contribution in [3.05, 3.63) is 53.4 Å². The molecule has 0 aliphatic carbocycles. The Labute approximate surface area is 176 Å². The van der Waals surface area contributed by atoms with Crippen molar-refractivity contribution in [3.8, 4) is 11.8 Å². The van der Waals surface area contributed by atoms with Crippen molar-refractivity contribution < 1.29 is 31.8 Å². The lowest BCUT2D eigenvalue weighted by molar-refractivity contribution is 0.101. The molecule has 12 heteroatoms. The summed E-state index contributed by atoms with van der Waals surface area (Å²) in [6, 6.07) is 5.31. The third-order valence-electron chi connectivity index (χ3n) is 4.65. The van der Waals surface area contributed by atoms with Crippen LogP contribution in [0.2, 0.25) is 0 Å². The summed E-state index contributed by atoms with van der Waals surface area (Å²) < 4.78 is 59.1. The molecule has 1 aliphatic heterocycles. The van der Waals surface area contributed by atoms with Gasteiger partial charge in [0.25, 0.3) is 12.0 Å². The molecule has 31 heavy (non-hydrogen) atoms. The van der Waals surface area contributed by atoms with Crippen molar-refractivity contribution in [1.82, 2.24) is 9.29 Å². The third kappa shape index (κ3) is 4.58. The van der Waals surface area contributed by atoms with Crippen molar-refractivity contribution in [3.63, 3.8) is 0 Å². The van der Waals surface area contributed by atoms with Crippen LogP contribution in [0.15, 0.2) is 41.4 Å². The van der Waals surface area contributed by atoms with Gasteiger partial charge < -0.3 is 19.7 Å². The predicted octanol–water partition coefficient (Wildman–Crippen LogP) is 1.64. The van der Waals surface area contributed by atoms with Crippen molar-refractivity contribution in [2.24, 2.45) is 7.05 Å². The van der Waals surface area contributed by atoms with Crippen LogP contribution in [-0.4, -0.2) is 42.8 Å². The van der Waals surface area contributed by atoms with Gasteiger partial charge in [-0.05, 0) is 24.6 Å². The number of aryl methyl sites for hydroxylation is 2. The second-order valence-corrected chi connectivity index (χ2v) is 8.55. The first-order valence-electron chi connectivity index (χ1n) is 8.91. The Morgan fingerprint density at radius 1 is 1.48 bits per heavy atom. The smallest absolute Gasteiger partial charge is 0.276 e. The number of sulfonamides is 1. The summed E-state index contributed by atoms with van der Waals surface area (Å²) in [4.78, 5) is 12.5. The van der Waals surface area contributed by atoms with Crippen molar-refractivity contribution >= 4 is 21.6 Å². The topological polar surface area (TPSA) is 133 Å². The maximum absolute atomic E-state index is 12.9. The van der Waals surface area contributed by atoms with Gasteiger partial charge >= 0.3 is 0 Å². The fourth-order valence-corrected chi connectivity index (χ4v) is 4.49. The normalized spacial score (nSPS) is 18.0. The van der Waals surface area contributed by atoms with Gasteiger partial charge in [0.2, 0.25) is 10.0 Å². The second-order valence-electron chi connectivity index (χ2n) is 6.86. The number of hydrogen-bond acceptors (Lipinski definition) is 6. The van der Waals surface area contributed by atoms with E-state index in [-0.39, 0.29) is 22.4 Å². The van der Waals surface area contributed by atoms with E-state index in [1.54, 1.807) is 19.1 Å². The van der Waals surface area contributed by atoms with Gasteiger partial charge in [0.05, 0.1) is 23.8 Å². The van der Waals surface area contributed by atoms with Gasteiger partial charge in [-0.3, -0.25) is 4.79 Å². The number of amides is 1. The molecular weight excluding hydrogens is 434 g/mol. The lowest BCUT2D eigenvalue weighted by atomic mass is 10.1. The molecule has 0 saturated heterocycles. The zero-order valence-corrected chi connectivity index (χ0v) is 17.2. The molecule has 1 amide bonds. The molecule has 0 spiro atoms. The van der Waals surface area contributed by atoms with Crippen LogP contribution in [0.3, 0.4) is 0 Å². The summed E-state index contributed by atoms with van der Waals surface area (Å²) in [6.07, 6.45) is -2.68. The van der Waals surface area contributed by atoms with Gasteiger partial charge in [-0.15, -0.1) is 0 Å². The average molecular weight is 452 g/mol. The Balaban J connectivity index is 1.95. The Hall–Kier alpha value is -3.27. The molecule has 1 aliphatic rings. The monoisotopic (exact) mass is 452 g/mol. The average Bonchev–Trinajstić information content (AvgIpc) is 2.96. The predicted molar refractivity (Wildman–Crippen MR) is 105 cm³/mol. The number of carbonyl (C=O) groups is 1. The van der Waals surface area contributed by atoms with Crippen LogP contribution in [0.4, 0.5) is 14.5 Å². The van der Waals surface area contributed by atoms with Crippen molar-refractivity contribution in [1.29, 1.82) is 5.26 Å². The molecule has 1 aromatic heterocycles. The SMILES string of the molecule is Cc1ccc(NC(=O)c2c3c(cn2C)S(=O)(=O)N[C@@H]([C@@H](O)C=C(F)F)CO3)cc1C#N. The number of rotatable bonds is 4. The number of aliphatic hydroxyl groups is 1. The maximum Gasteiger partial charge on any atom is 0.276 e. The van der Waals surface area contributed by atoms with Crippen LogP contribution in [0.1, 0.15) is 21.6 Å². The molecule has 0 bridgehead atoms. The lowest BCUT2D eigenvalue weighted by Crippen LogP contribution is -2.44. The number of fused-ring (bicyclic) bond motifs is 1. The quantitative estimate of drug-likeness (QED) is 0.646. The minimum Gasteiger partial charge on any atom is -0.488 e. The Morgan fingerprint density at radius 3 is 2.84 bits per heavy atom. The number of ether oxygens (including phenoxy) is 1. The van der Waals surface area contributed by atoms with Crippen LogP contribution >= 0.6 is 0 Å². The summed E-state index contributed by atoms with van der Waals surface area (Å²) in [7, 11) is -2.85. The zero-order valence-electron chi connectivity index (χ0n) is 16.4. The van der Waals surface area contributed by atoms with Gasteiger partial charge in [0.1, 0.15) is 11.5 Å². The number of carbonyl (C=O) groups excluding carboxylic acids is 1. The number of nitrogens with zero attached hydrogens (tertiary/aromatic N) is 2. The summed E-state index contributed by atoms with van der Waals surface area (Å²) in [5.74, 6) is -0.986. The molecule has 0 radical (unpaired) electrons. The maximum atomic E-state index is 12.9. The molecule has 2 heterocycles. The summed E-state index contributed by atoms with van der Waals surface area (Å²) >= 11 is 0. The van der Waals surface area contributed by atoms with E-state index in [2.05, 4.69) is 10.0 Å². The fraction of sp³-hybridized carbons (Fsp3) is 0.263. The van der Waals surface area contributed by atoms with Gasteiger partial charge in [-0.1, -0.05) is 6.07 Å². The minimum atomic E-state index is -4.29. The molecule has 9 nitrogen and oxygen atoms in total. The highest BCUT2D eigenvalue weighted by Crippen LogP contribution is 2.33. The number of nitrogens with one attached hydrogen (secondary N) is 2. The van der Waals surface area contributed by atoms with Crippen LogP contribution in [0, 0.1) is 18.3 Å². The molecule has 3 N–H and O–H groups in total. The lowest BCUT2D eigenvalue weighted by Gasteiger charge is -2.18. The number of benzene rings is 1. The first-order chi connectivity index (χ1) is 14.5. The largest absolute Gasteiger partial charge is 0.488 e. The summed E-state index contributed by atoms with van der Waals surface area (Å²) in [5.41, 5.74) is 1.25. The third-order valence-corrected chi connectivity index (χ3v) is 6.13. The molecule has 0 fully saturated rings. The van der Waals surface area contributed by atoms with Crippen LogP contribution in [-0.2, 0) is 17.1 Å². The molecule has 2 aromatic rings. The Kier molecular flexibility index (Phi) is 6.12. The number of halogens is 2. The first kappa shape index (κ1) is 22.4. The minimum absolute atomic E-state index is 0.137. The van der Waals surface area contributed by atoms with Gasteiger partial charge in [-0.25, -0.2) is 13.1 Å². The van der Waals surface area contributed by atoms with Gasteiger partial charge in [0, 0.05) is 25.0 Å². The second kappa shape index (κ2) is 8.46. The summed E-state index contributed by atoms with van der Waals surface area (Å²) in [5, 5.41) is 21.6. The first-order valence-corrected chi connectivity index (χ1v) is 10.4. The van der Waals surface area contributed by atoms with Crippen molar-refractivity contribution in [2.75, 3.05) is 11.9 Å². The summed E-state index contributed by atoms with van der Waals surface area (Å²) in [6.45, 7) is 1.24.